The lowest BCUT2D eigenvalue weighted by Crippen LogP contribution is -2.15. The Morgan fingerprint density at radius 2 is 1.73 bits per heavy atom. The van der Waals surface area contributed by atoms with E-state index in [4.69, 9.17) is 14.2 Å². The highest BCUT2D eigenvalue weighted by Gasteiger charge is 2.16. The maximum absolute atomic E-state index is 12.8. The Hall–Kier alpha value is -3.52. The van der Waals surface area contributed by atoms with Crippen LogP contribution < -0.4 is 24.8 Å². The Balaban J connectivity index is 1.56. The summed E-state index contributed by atoms with van der Waals surface area (Å²) in [6.07, 6.45) is 0. The number of nitrogens with one attached hydrogen (secondary N) is 2. The van der Waals surface area contributed by atoms with E-state index in [1.807, 2.05) is 24.3 Å². The first-order valence-corrected chi connectivity index (χ1v) is 10.1. The highest BCUT2D eigenvalue weighted by Crippen LogP contribution is 2.37. The van der Waals surface area contributed by atoms with E-state index < -0.39 is 0 Å². The van der Waals surface area contributed by atoms with Crippen LogP contribution in [0.25, 0.3) is 10.4 Å². The molecule has 4 rings (SSSR count). The van der Waals surface area contributed by atoms with E-state index in [9.17, 15) is 9.59 Å². The number of fused-ring (bicyclic) bond motifs is 1. The zero-order valence-electron chi connectivity index (χ0n) is 16.5. The molecule has 2 aromatic carbocycles. The van der Waals surface area contributed by atoms with Crippen LogP contribution >= 0.6 is 11.3 Å². The molecule has 2 N–H and O–H groups in total. The molecule has 0 saturated carbocycles. The van der Waals surface area contributed by atoms with E-state index >= 15 is 0 Å². The number of methoxy groups -OCH3 is 1. The van der Waals surface area contributed by atoms with Gasteiger partial charge in [-0.2, -0.15) is 0 Å². The van der Waals surface area contributed by atoms with Crippen LogP contribution in [0.15, 0.2) is 48.5 Å². The van der Waals surface area contributed by atoms with E-state index in [2.05, 4.69) is 10.6 Å². The lowest BCUT2D eigenvalue weighted by molar-refractivity contribution is -0.114. The van der Waals surface area contributed by atoms with Gasteiger partial charge in [0.05, 0.1) is 23.4 Å². The van der Waals surface area contributed by atoms with Crippen LogP contribution in [-0.4, -0.2) is 32.1 Å². The summed E-state index contributed by atoms with van der Waals surface area (Å²) in [4.78, 5) is 25.8. The van der Waals surface area contributed by atoms with Crippen molar-refractivity contribution in [3.05, 3.63) is 53.4 Å². The predicted octanol–water partition coefficient (Wildman–Crippen LogP) is 4.41. The van der Waals surface area contributed by atoms with E-state index in [1.165, 1.54) is 25.4 Å². The van der Waals surface area contributed by atoms with Crippen LogP contribution in [0.5, 0.6) is 17.2 Å². The van der Waals surface area contributed by atoms with Crippen molar-refractivity contribution in [2.45, 2.75) is 6.92 Å². The van der Waals surface area contributed by atoms with Gasteiger partial charge in [-0.15, -0.1) is 11.3 Å². The predicted molar refractivity (Wildman–Crippen MR) is 116 cm³/mol. The minimum Gasteiger partial charge on any atom is -0.497 e. The molecular formula is C22H20N2O5S. The zero-order chi connectivity index (χ0) is 21.1. The van der Waals surface area contributed by atoms with E-state index in [0.717, 1.165) is 16.2 Å². The maximum Gasteiger partial charge on any atom is 0.265 e. The van der Waals surface area contributed by atoms with Crippen molar-refractivity contribution in [1.82, 2.24) is 0 Å². The molecule has 0 bridgehead atoms. The van der Waals surface area contributed by atoms with Crippen molar-refractivity contribution in [3.63, 3.8) is 0 Å². The second-order valence-corrected chi connectivity index (χ2v) is 7.65. The number of carbonyl (C=O) groups is 2. The number of hydrogen-bond donors (Lipinski definition) is 2. The largest absolute Gasteiger partial charge is 0.497 e. The van der Waals surface area contributed by atoms with Crippen LogP contribution in [0, 0.1) is 0 Å². The first-order chi connectivity index (χ1) is 14.5. The summed E-state index contributed by atoms with van der Waals surface area (Å²) in [6, 6.07) is 14.5. The standard InChI is InChI=1S/C22H20N2O5S/c1-13(25)23-16-5-4-15(27-2)12-17(16)24-22(26)21-8-7-20(30-21)14-3-6-18-19(11-14)29-10-9-28-18/h3-8,11-12H,9-10H2,1-2H3,(H,23,25)(H,24,26). The maximum atomic E-state index is 12.8. The fraction of sp³-hybridized carbons (Fsp3) is 0.182. The first kappa shape index (κ1) is 19.8. The van der Waals surface area contributed by atoms with Gasteiger partial charge in [0.15, 0.2) is 11.5 Å². The first-order valence-electron chi connectivity index (χ1n) is 9.30. The summed E-state index contributed by atoms with van der Waals surface area (Å²) >= 11 is 1.37. The fourth-order valence-corrected chi connectivity index (χ4v) is 3.95. The molecule has 1 aromatic heterocycles. The Labute approximate surface area is 177 Å². The number of carbonyl (C=O) groups excluding carboxylic acids is 2. The van der Waals surface area contributed by atoms with Crippen LogP contribution in [0.2, 0.25) is 0 Å². The molecular weight excluding hydrogens is 404 g/mol. The van der Waals surface area contributed by atoms with Gasteiger partial charge in [-0.3, -0.25) is 9.59 Å². The third-order valence-corrected chi connectivity index (χ3v) is 5.58. The molecule has 30 heavy (non-hydrogen) atoms. The highest BCUT2D eigenvalue weighted by atomic mass is 32.1. The lowest BCUT2D eigenvalue weighted by Gasteiger charge is -2.18. The summed E-state index contributed by atoms with van der Waals surface area (Å²) in [7, 11) is 1.54. The molecule has 0 radical (unpaired) electrons. The Bertz CT molecular complexity index is 1110. The van der Waals surface area contributed by atoms with Crippen LogP contribution in [-0.2, 0) is 4.79 Å². The molecule has 7 nitrogen and oxygen atoms in total. The third kappa shape index (κ3) is 4.23. The average molecular weight is 424 g/mol. The van der Waals surface area contributed by atoms with E-state index in [-0.39, 0.29) is 11.8 Å². The second-order valence-electron chi connectivity index (χ2n) is 6.57. The number of hydrogen-bond acceptors (Lipinski definition) is 6. The van der Waals surface area contributed by atoms with Crippen molar-refractivity contribution in [2.75, 3.05) is 31.0 Å². The van der Waals surface area contributed by atoms with Crippen molar-refractivity contribution in [1.29, 1.82) is 0 Å². The van der Waals surface area contributed by atoms with Gasteiger partial charge in [-0.25, -0.2) is 0 Å². The molecule has 3 aromatic rings. The monoisotopic (exact) mass is 424 g/mol. The minimum absolute atomic E-state index is 0.229. The molecule has 0 spiro atoms. The summed E-state index contributed by atoms with van der Waals surface area (Å²) in [5.74, 6) is 1.50. The van der Waals surface area contributed by atoms with Crippen molar-refractivity contribution in [3.8, 4) is 27.7 Å². The molecule has 1 aliphatic rings. The Morgan fingerprint density at radius 3 is 2.50 bits per heavy atom. The summed E-state index contributed by atoms with van der Waals surface area (Å²) in [5.41, 5.74) is 1.91. The summed E-state index contributed by atoms with van der Waals surface area (Å²) in [5, 5.41) is 5.56. The van der Waals surface area contributed by atoms with Crippen molar-refractivity contribution < 1.29 is 23.8 Å². The Morgan fingerprint density at radius 1 is 0.933 bits per heavy atom. The number of anilines is 2. The molecule has 2 heterocycles. The van der Waals surface area contributed by atoms with Gasteiger partial charge in [-0.05, 0) is 48.0 Å². The third-order valence-electron chi connectivity index (χ3n) is 4.44. The van der Waals surface area contributed by atoms with Crippen molar-refractivity contribution in [2.24, 2.45) is 0 Å². The van der Waals surface area contributed by atoms with Gasteiger partial charge in [0.1, 0.15) is 19.0 Å². The molecule has 0 aliphatic carbocycles. The molecule has 1 aliphatic heterocycles. The molecule has 0 saturated heterocycles. The molecule has 154 valence electrons. The smallest absolute Gasteiger partial charge is 0.265 e. The van der Waals surface area contributed by atoms with Gasteiger partial charge < -0.3 is 24.8 Å². The SMILES string of the molecule is COc1ccc(NC(C)=O)c(NC(=O)c2ccc(-c3ccc4c(c3)OCCO4)s2)c1. The number of rotatable bonds is 5. The molecule has 0 fully saturated rings. The number of benzene rings is 2. The Kier molecular flexibility index (Phi) is 5.58. The summed E-state index contributed by atoms with van der Waals surface area (Å²) < 4.78 is 16.4. The van der Waals surface area contributed by atoms with Crippen LogP contribution in [0.3, 0.4) is 0 Å². The van der Waals surface area contributed by atoms with Crippen molar-refractivity contribution >= 4 is 34.5 Å². The van der Waals surface area contributed by atoms with Gasteiger partial charge >= 0.3 is 0 Å². The van der Waals surface area contributed by atoms with Gasteiger partial charge in [0.25, 0.3) is 5.91 Å². The van der Waals surface area contributed by atoms with Gasteiger partial charge in [0.2, 0.25) is 5.91 Å². The number of ether oxygens (including phenoxy) is 3. The fourth-order valence-electron chi connectivity index (χ4n) is 3.05. The lowest BCUT2D eigenvalue weighted by atomic mass is 10.1. The zero-order valence-corrected chi connectivity index (χ0v) is 17.3. The molecule has 2 amide bonds. The topological polar surface area (TPSA) is 85.9 Å². The summed E-state index contributed by atoms with van der Waals surface area (Å²) in [6.45, 7) is 2.47. The van der Waals surface area contributed by atoms with Crippen LogP contribution in [0.1, 0.15) is 16.6 Å². The molecule has 0 unspecified atom stereocenters. The highest BCUT2D eigenvalue weighted by molar-refractivity contribution is 7.17. The normalized spacial score (nSPS) is 12.2. The number of amides is 2. The van der Waals surface area contributed by atoms with E-state index in [0.29, 0.717) is 41.0 Å². The van der Waals surface area contributed by atoms with Crippen LogP contribution in [0.4, 0.5) is 11.4 Å². The quantitative estimate of drug-likeness (QED) is 0.634. The average Bonchev–Trinajstić information content (AvgIpc) is 3.25. The molecule has 0 atom stereocenters. The van der Waals surface area contributed by atoms with Gasteiger partial charge in [0, 0.05) is 17.9 Å². The minimum atomic E-state index is -0.274. The second kappa shape index (κ2) is 8.46. The van der Waals surface area contributed by atoms with Gasteiger partial charge in [-0.1, -0.05) is 0 Å². The van der Waals surface area contributed by atoms with E-state index in [1.54, 1.807) is 24.3 Å². The number of thiophene rings is 1. The molecule has 8 heteroatoms.